The van der Waals surface area contributed by atoms with Gasteiger partial charge in [-0.2, -0.15) is 0 Å². The van der Waals surface area contributed by atoms with Crippen molar-refractivity contribution in [1.29, 1.82) is 0 Å². The van der Waals surface area contributed by atoms with Gasteiger partial charge in [-0.25, -0.2) is 13.1 Å². The van der Waals surface area contributed by atoms with Gasteiger partial charge in [0.25, 0.3) is 0 Å². The molecule has 6 nitrogen and oxygen atoms in total. The summed E-state index contributed by atoms with van der Waals surface area (Å²) in [6, 6.07) is 5.51. The van der Waals surface area contributed by atoms with Gasteiger partial charge in [-0.3, -0.25) is 4.79 Å². The fraction of sp³-hybridized carbons (Fsp3) is 0.364. The lowest BCUT2D eigenvalue weighted by Gasteiger charge is -2.06. The first-order valence-corrected chi connectivity index (χ1v) is 7.00. The number of primary amides is 1. The predicted molar refractivity (Wildman–Crippen MR) is 68.7 cm³/mol. The summed E-state index contributed by atoms with van der Waals surface area (Å²) < 4.78 is 26.1. The Morgan fingerprint density at radius 3 is 2.33 bits per heavy atom. The second-order valence-electron chi connectivity index (χ2n) is 3.74. The van der Waals surface area contributed by atoms with Crippen LogP contribution in [0.25, 0.3) is 0 Å². The van der Waals surface area contributed by atoms with Crippen LogP contribution < -0.4 is 15.8 Å². The minimum absolute atomic E-state index is 0.122. The third kappa shape index (κ3) is 4.10. The van der Waals surface area contributed by atoms with Gasteiger partial charge in [-0.1, -0.05) is 0 Å². The Bertz CT molecular complexity index is 497. The summed E-state index contributed by atoms with van der Waals surface area (Å²) in [5.41, 5.74) is 5.36. The van der Waals surface area contributed by atoms with Crippen LogP contribution in [0.3, 0.4) is 0 Å². The van der Waals surface area contributed by atoms with Crippen molar-refractivity contribution >= 4 is 15.9 Å². The first-order chi connectivity index (χ1) is 8.47. The van der Waals surface area contributed by atoms with E-state index in [-0.39, 0.29) is 10.5 Å². The molecule has 0 unspecified atom stereocenters. The van der Waals surface area contributed by atoms with Crippen molar-refractivity contribution < 1.29 is 13.2 Å². The van der Waals surface area contributed by atoms with Gasteiger partial charge < -0.3 is 11.1 Å². The van der Waals surface area contributed by atoms with Crippen LogP contribution in [0.4, 0.5) is 0 Å². The molecule has 1 rings (SSSR count). The average Bonchev–Trinajstić information content (AvgIpc) is 2.35. The van der Waals surface area contributed by atoms with E-state index in [0.717, 1.165) is 6.54 Å². The van der Waals surface area contributed by atoms with E-state index in [1.54, 1.807) is 7.05 Å². The Kier molecular flexibility index (Phi) is 5.26. The monoisotopic (exact) mass is 271 g/mol. The average molecular weight is 271 g/mol. The fourth-order valence-corrected chi connectivity index (χ4v) is 2.43. The Balaban J connectivity index is 2.70. The number of nitrogens with two attached hydrogens (primary N) is 1. The van der Waals surface area contributed by atoms with E-state index in [4.69, 9.17) is 5.73 Å². The predicted octanol–water partition coefficient (Wildman–Crippen LogP) is -0.327. The standard InChI is InChI=1S/C11H17N3O3S/c1-13-7-2-8-14-18(16,17)10-5-3-9(4-6-10)11(12)15/h3-6,13-14H,2,7-8H2,1H3,(H2,12,15). The van der Waals surface area contributed by atoms with Crippen LogP contribution in [-0.4, -0.2) is 34.5 Å². The summed E-state index contributed by atoms with van der Waals surface area (Å²) >= 11 is 0. The molecule has 0 atom stereocenters. The minimum Gasteiger partial charge on any atom is -0.366 e. The smallest absolute Gasteiger partial charge is 0.248 e. The molecule has 0 aromatic heterocycles. The maximum Gasteiger partial charge on any atom is 0.248 e. The van der Waals surface area contributed by atoms with Crippen molar-refractivity contribution in [2.45, 2.75) is 11.3 Å². The van der Waals surface area contributed by atoms with E-state index in [0.29, 0.717) is 13.0 Å². The highest BCUT2D eigenvalue weighted by molar-refractivity contribution is 7.89. The Morgan fingerprint density at radius 1 is 1.22 bits per heavy atom. The molecule has 0 aliphatic rings. The minimum atomic E-state index is -3.51. The second-order valence-corrected chi connectivity index (χ2v) is 5.51. The zero-order valence-corrected chi connectivity index (χ0v) is 11.0. The van der Waals surface area contributed by atoms with E-state index >= 15 is 0 Å². The van der Waals surface area contributed by atoms with Crippen LogP contribution in [0, 0.1) is 0 Å². The van der Waals surface area contributed by atoms with Crippen molar-refractivity contribution in [2.24, 2.45) is 5.73 Å². The van der Waals surface area contributed by atoms with Crippen molar-refractivity contribution in [2.75, 3.05) is 20.1 Å². The Hall–Kier alpha value is -1.44. The number of benzene rings is 1. The SMILES string of the molecule is CNCCCNS(=O)(=O)c1ccc(C(N)=O)cc1. The van der Waals surface area contributed by atoms with Crippen LogP contribution in [-0.2, 0) is 10.0 Å². The maximum absolute atomic E-state index is 11.8. The van der Waals surface area contributed by atoms with Gasteiger partial charge in [0, 0.05) is 12.1 Å². The van der Waals surface area contributed by atoms with Gasteiger partial charge in [0.2, 0.25) is 15.9 Å². The van der Waals surface area contributed by atoms with Gasteiger partial charge in [-0.15, -0.1) is 0 Å². The van der Waals surface area contributed by atoms with Crippen LogP contribution in [0.5, 0.6) is 0 Å². The number of nitrogens with one attached hydrogen (secondary N) is 2. The van der Waals surface area contributed by atoms with Crippen molar-refractivity contribution in [3.8, 4) is 0 Å². The van der Waals surface area contributed by atoms with E-state index in [1.807, 2.05) is 0 Å². The van der Waals surface area contributed by atoms with Gasteiger partial charge in [0.15, 0.2) is 0 Å². The van der Waals surface area contributed by atoms with Gasteiger partial charge in [0.05, 0.1) is 4.90 Å². The lowest BCUT2D eigenvalue weighted by molar-refractivity contribution is 0.1000. The van der Waals surface area contributed by atoms with E-state index in [1.165, 1.54) is 24.3 Å². The second kappa shape index (κ2) is 6.48. The number of carbonyl (C=O) groups is 1. The molecule has 0 saturated heterocycles. The zero-order valence-electron chi connectivity index (χ0n) is 10.1. The molecule has 1 amide bonds. The number of sulfonamides is 1. The molecule has 7 heteroatoms. The van der Waals surface area contributed by atoms with Crippen molar-refractivity contribution in [1.82, 2.24) is 10.0 Å². The van der Waals surface area contributed by atoms with Crippen molar-refractivity contribution in [3.05, 3.63) is 29.8 Å². The summed E-state index contributed by atoms with van der Waals surface area (Å²) in [7, 11) is -1.71. The molecule has 0 aliphatic heterocycles. The summed E-state index contributed by atoms with van der Waals surface area (Å²) in [6.45, 7) is 1.10. The molecule has 0 saturated carbocycles. The van der Waals surface area contributed by atoms with E-state index in [2.05, 4.69) is 10.0 Å². The maximum atomic E-state index is 11.8. The highest BCUT2D eigenvalue weighted by Crippen LogP contribution is 2.10. The molecule has 100 valence electrons. The number of amides is 1. The Morgan fingerprint density at radius 2 is 1.83 bits per heavy atom. The van der Waals surface area contributed by atoms with Gasteiger partial charge >= 0.3 is 0 Å². The molecule has 0 spiro atoms. The normalized spacial score (nSPS) is 11.4. The van der Waals surface area contributed by atoms with Gasteiger partial charge in [0.1, 0.15) is 0 Å². The molecular weight excluding hydrogens is 254 g/mol. The molecular formula is C11H17N3O3S. The molecule has 0 fully saturated rings. The van der Waals surface area contributed by atoms with Crippen LogP contribution in [0.1, 0.15) is 16.8 Å². The van der Waals surface area contributed by atoms with Crippen LogP contribution in [0.15, 0.2) is 29.2 Å². The molecule has 18 heavy (non-hydrogen) atoms. The first kappa shape index (κ1) is 14.6. The van der Waals surface area contributed by atoms with E-state index in [9.17, 15) is 13.2 Å². The third-order valence-corrected chi connectivity index (χ3v) is 3.82. The van der Waals surface area contributed by atoms with E-state index < -0.39 is 15.9 Å². The largest absolute Gasteiger partial charge is 0.366 e. The molecule has 0 aliphatic carbocycles. The quantitative estimate of drug-likeness (QED) is 0.591. The summed E-state index contributed by atoms with van der Waals surface area (Å²) in [5.74, 6) is -0.582. The highest BCUT2D eigenvalue weighted by Gasteiger charge is 2.13. The number of hydrogen-bond donors (Lipinski definition) is 3. The lowest BCUT2D eigenvalue weighted by atomic mass is 10.2. The van der Waals surface area contributed by atoms with Crippen LogP contribution >= 0.6 is 0 Å². The molecule has 0 bridgehead atoms. The summed E-state index contributed by atoms with van der Waals surface area (Å²) in [6.07, 6.45) is 0.703. The first-order valence-electron chi connectivity index (χ1n) is 5.51. The third-order valence-electron chi connectivity index (χ3n) is 2.34. The lowest BCUT2D eigenvalue weighted by Crippen LogP contribution is -2.26. The topological polar surface area (TPSA) is 101 Å². The van der Waals surface area contributed by atoms with Crippen molar-refractivity contribution in [3.63, 3.8) is 0 Å². The summed E-state index contributed by atoms with van der Waals surface area (Å²) in [5, 5.41) is 2.93. The molecule has 1 aromatic rings. The van der Waals surface area contributed by atoms with Crippen LogP contribution in [0.2, 0.25) is 0 Å². The molecule has 0 heterocycles. The fourth-order valence-electron chi connectivity index (χ4n) is 1.35. The molecule has 1 aromatic carbocycles. The molecule has 4 N–H and O–H groups in total. The van der Waals surface area contributed by atoms with Gasteiger partial charge in [-0.05, 0) is 44.3 Å². The number of hydrogen-bond acceptors (Lipinski definition) is 4. The summed E-state index contributed by atoms with van der Waals surface area (Å²) in [4.78, 5) is 11.0. The zero-order chi connectivity index (χ0) is 13.6. The highest BCUT2D eigenvalue weighted by atomic mass is 32.2. The Labute approximate surface area is 107 Å². The number of rotatable bonds is 7. The number of carbonyl (C=O) groups excluding carboxylic acids is 1. The molecule has 0 radical (unpaired) electrons.